The molecule has 0 bridgehead atoms. The summed E-state index contributed by atoms with van der Waals surface area (Å²) < 4.78 is 16.3. The van der Waals surface area contributed by atoms with Gasteiger partial charge in [-0.1, -0.05) is 0 Å². The highest BCUT2D eigenvalue weighted by atomic mass is 16.6. The Labute approximate surface area is 117 Å². The molecule has 1 atom stereocenters. The second kappa shape index (κ2) is 7.84. The molecule has 6 nitrogen and oxygen atoms in total. The van der Waals surface area contributed by atoms with Crippen molar-refractivity contribution in [3.8, 4) is 5.75 Å². The minimum atomic E-state index is -0.937. The molecule has 1 aromatic rings. The van der Waals surface area contributed by atoms with Gasteiger partial charge < -0.3 is 24.6 Å². The molecular weight excluding hydrogens is 262 g/mol. The van der Waals surface area contributed by atoms with Gasteiger partial charge in [0.25, 0.3) is 0 Å². The van der Waals surface area contributed by atoms with Crippen molar-refractivity contribution in [1.82, 2.24) is 5.32 Å². The third kappa shape index (κ3) is 4.80. The molecule has 6 heteroatoms. The van der Waals surface area contributed by atoms with Crippen LogP contribution in [-0.2, 0) is 9.47 Å². The summed E-state index contributed by atoms with van der Waals surface area (Å²) in [6.07, 6.45) is 0.110. The molecule has 20 heavy (non-hydrogen) atoms. The van der Waals surface area contributed by atoms with E-state index in [0.717, 1.165) is 6.54 Å². The summed E-state index contributed by atoms with van der Waals surface area (Å²) in [4.78, 5) is 10.7. The number of benzene rings is 1. The van der Waals surface area contributed by atoms with Gasteiger partial charge in [0.1, 0.15) is 12.4 Å². The van der Waals surface area contributed by atoms with Crippen LogP contribution in [-0.4, -0.2) is 56.7 Å². The van der Waals surface area contributed by atoms with Gasteiger partial charge in [0.2, 0.25) is 0 Å². The summed E-state index contributed by atoms with van der Waals surface area (Å²) in [5.74, 6) is -0.276. The zero-order valence-corrected chi connectivity index (χ0v) is 11.2. The Bertz CT molecular complexity index is 414. The van der Waals surface area contributed by atoms with Crippen LogP contribution in [0, 0.1) is 0 Å². The Balaban J connectivity index is 1.59. The second-order valence-corrected chi connectivity index (χ2v) is 4.45. The lowest BCUT2D eigenvalue weighted by Crippen LogP contribution is -2.38. The van der Waals surface area contributed by atoms with E-state index in [1.165, 1.54) is 12.1 Å². The number of carboxylic acids is 1. The molecule has 110 valence electrons. The number of hydrogen-bond acceptors (Lipinski definition) is 5. The van der Waals surface area contributed by atoms with Gasteiger partial charge in [-0.15, -0.1) is 0 Å². The monoisotopic (exact) mass is 281 g/mol. The predicted octanol–water partition coefficient (Wildman–Crippen LogP) is 0.769. The van der Waals surface area contributed by atoms with Gasteiger partial charge in [-0.25, -0.2) is 4.79 Å². The van der Waals surface area contributed by atoms with E-state index < -0.39 is 5.97 Å². The Kier molecular flexibility index (Phi) is 5.79. The molecule has 1 aliphatic rings. The van der Waals surface area contributed by atoms with Crippen LogP contribution < -0.4 is 10.1 Å². The Morgan fingerprint density at radius 3 is 2.80 bits per heavy atom. The van der Waals surface area contributed by atoms with Crippen molar-refractivity contribution in [1.29, 1.82) is 0 Å². The summed E-state index contributed by atoms with van der Waals surface area (Å²) in [5.41, 5.74) is 0.255. The number of ether oxygens (including phenoxy) is 3. The van der Waals surface area contributed by atoms with E-state index in [1.54, 1.807) is 12.1 Å². The Hall–Kier alpha value is -1.63. The minimum absolute atomic E-state index is 0.110. The number of carboxylic acid groups (broad SMARTS) is 1. The molecule has 1 saturated heterocycles. The van der Waals surface area contributed by atoms with Crippen molar-refractivity contribution in [2.75, 3.05) is 39.5 Å². The standard InChI is InChI=1S/C14H19NO5/c16-14(17)11-1-3-12(4-2-11)19-6-5-15-9-13-10-18-7-8-20-13/h1-4,13,15H,5-10H2,(H,16,17). The summed E-state index contributed by atoms with van der Waals surface area (Å²) in [7, 11) is 0. The van der Waals surface area contributed by atoms with E-state index in [9.17, 15) is 4.79 Å². The first kappa shape index (κ1) is 14.8. The van der Waals surface area contributed by atoms with Crippen LogP contribution in [0.4, 0.5) is 0 Å². The van der Waals surface area contributed by atoms with Gasteiger partial charge >= 0.3 is 5.97 Å². The van der Waals surface area contributed by atoms with Crippen LogP contribution in [0.15, 0.2) is 24.3 Å². The van der Waals surface area contributed by atoms with Gasteiger partial charge in [0.05, 0.1) is 31.5 Å². The number of carbonyl (C=O) groups is 1. The van der Waals surface area contributed by atoms with Gasteiger partial charge in [0, 0.05) is 13.1 Å². The average Bonchev–Trinajstić information content (AvgIpc) is 2.48. The quantitative estimate of drug-likeness (QED) is 0.719. The van der Waals surface area contributed by atoms with Crippen LogP contribution in [0.3, 0.4) is 0 Å². The second-order valence-electron chi connectivity index (χ2n) is 4.45. The highest BCUT2D eigenvalue weighted by Gasteiger charge is 2.13. The molecule has 0 spiro atoms. The first-order chi connectivity index (χ1) is 9.75. The summed E-state index contributed by atoms with van der Waals surface area (Å²) in [6.45, 7) is 3.90. The maximum atomic E-state index is 10.7. The molecule has 0 saturated carbocycles. The Morgan fingerprint density at radius 1 is 1.35 bits per heavy atom. The van der Waals surface area contributed by atoms with Gasteiger partial charge in [-0.05, 0) is 24.3 Å². The van der Waals surface area contributed by atoms with Crippen molar-refractivity contribution in [3.05, 3.63) is 29.8 Å². The molecule has 1 fully saturated rings. The van der Waals surface area contributed by atoms with E-state index >= 15 is 0 Å². The smallest absolute Gasteiger partial charge is 0.335 e. The minimum Gasteiger partial charge on any atom is -0.492 e. The fourth-order valence-corrected chi connectivity index (χ4v) is 1.85. The zero-order valence-electron chi connectivity index (χ0n) is 11.2. The zero-order chi connectivity index (χ0) is 14.2. The van der Waals surface area contributed by atoms with Gasteiger partial charge in [0.15, 0.2) is 0 Å². The largest absolute Gasteiger partial charge is 0.492 e. The normalized spacial score (nSPS) is 18.7. The van der Waals surface area contributed by atoms with Crippen molar-refractivity contribution in [3.63, 3.8) is 0 Å². The Morgan fingerprint density at radius 2 is 2.15 bits per heavy atom. The molecule has 0 aromatic heterocycles. The van der Waals surface area contributed by atoms with Crippen molar-refractivity contribution in [2.24, 2.45) is 0 Å². The highest BCUT2D eigenvalue weighted by Crippen LogP contribution is 2.11. The summed E-state index contributed by atoms with van der Waals surface area (Å²) in [6, 6.07) is 6.36. The third-order valence-corrected chi connectivity index (χ3v) is 2.91. The lowest BCUT2D eigenvalue weighted by molar-refractivity contribution is -0.0864. The van der Waals surface area contributed by atoms with E-state index in [2.05, 4.69) is 5.32 Å². The van der Waals surface area contributed by atoms with Crippen LogP contribution in [0.25, 0.3) is 0 Å². The lowest BCUT2D eigenvalue weighted by atomic mass is 10.2. The summed E-state index contributed by atoms with van der Waals surface area (Å²) >= 11 is 0. The molecule has 1 aromatic carbocycles. The van der Waals surface area contributed by atoms with Gasteiger partial charge in [-0.3, -0.25) is 0 Å². The highest BCUT2D eigenvalue weighted by molar-refractivity contribution is 5.87. The van der Waals surface area contributed by atoms with Crippen LogP contribution in [0.2, 0.25) is 0 Å². The number of aromatic carboxylic acids is 1. The fraction of sp³-hybridized carbons (Fsp3) is 0.500. The van der Waals surface area contributed by atoms with Crippen LogP contribution in [0.1, 0.15) is 10.4 Å². The molecule has 2 N–H and O–H groups in total. The lowest BCUT2D eigenvalue weighted by Gasteiger charge is -2.23. The molecular formula is C14H19NO5. The van der Waals surface area contributed by atoms with Crippen LogP contribution in [0.5, 0.6) is 5.75 Å². The molecule has 0 amide bonds. The first-order valence-electron chi connectivity index (χ1n) is 6.62. The SMILES string of the molecule is O=C(O)c1ccc(OCCNCC2COCCO2)cc1. The van der Waals surface area contributed by atoms with E-state index in [1.807, 2.05) is 0 Å². The van der Waals surface area contributed by atoms with Crippen molar-refractivity contribution in [2.45, 2.75) is 6.10 Å². The fourth-order valence-electron chi connectivity index (χ4n) is 1.85. The maximum absolute atomic E-state index is 10.7. The number of nitrogens with one attached hydrogen (secondary N) is 1. The number of hydrogen-bond donors (Lipinski definition) is 2. The van der Waals surface area contributed by atoms with Gasteiger partial charge in [-0.2, -0.15) is 0 Å². The molecule has 1 aliphatic heterocycles. The van der Waals surface area contributed by atoms with E-state index in [4.69, 9.17) is 19.3 Å². The molecule has 1 unspecified atom stereocenters. The van der Waals surface area contributed by atoms with Crippen molar-refractivity contribution < 1.29 is 24.1 Å². The summed E-state index contributed by atoms with van der Waals surface area (Å²) in [5, 5.41) is 12.0. The van der Waals surface area contributed by atoms with E-state index in [-0.39, 0.29) is 11.7 Å². The average molecular weight is 281 g/mol. The molecule has 2 rings (SSSR count). The molecule has 0 radical (unpaired) electrons. The third-order valence-electron chi connectivity index (χ3n) is 2.91. The molecule has 0 aliphatic carbocycles. The van der Waals surface area contributed by atoms with Crippen molar-refractivity contribution >= 4 is 5.97 Å². The first-order valence-corrected chi connectivity index (χ1v) is 6.62. The predicted molar refractivity (Wildman–Crippen MR) is 72.3 cm³/mol. The topological polar surface area (TPSA) is 77.0 Å². The van der Waals surface area contributed by atoms with Crippen LogP contribution >= 0.6 is 0 Å². The maximum Gasteiger partial charge on any atom is 0.335 e. The molecule has 1 heterocycles. The van der Waals surface area contributed by atoms with E-state index in [0.29, 0.717) is 38.7 Å². The number of rotatable bonds is 7.